The Morgan fingerprint density at radius 3 is 2.80 bits per heavy atom. The van der Waals surface area contributed by atoms with E-state index in [1.54, 1.807) is 4.68 Å². The lowest BCUT2D eigenvalue weighted by atomic mass is 10.1. The van der Waals surface area contributed by atoms with E-state index in [2.05, 4.69) is 24.5 Å². The van der Waals surface area contributed by atoms with Gasteiger partial charge in [0.25, 0.3) is 0 Å². The number of nitrogens with zero attached hydrogens (tertiary/aromatic N) is 4. The molecule has 1 N–H and O–H groups in total. The molecular formula is C13H14F3N5O3S. The van der Waals surface area contributed by atoms with Crippen molar-refractivity contribution in [1.82, 2.24) is 24.5 Å². The summed E-state index contributed by atoms with van der Waals surface area (Å²) >= 11 is 0. The van der Waals surface area contributed by atoms with Crippen LogP contribution in [0.2, 0.25) is 0 Å². The minimum atomic E-state index is -4.50. The summed E-state index contributed by atoms with van der Waals surface area (Å²) in [4.78, 5) is 7.48. The Bertz CT molecular complexity index is 835. The van der Waals surface area contributed by atoms with Gasteiger partial charge in [-0.2, -0.15) is 18.3 Å². The van der Waals surface area contributed by atoms with Gasteiger partial charge in [-0.05, 0) is 18.9 Å². The summed E-state index contributed by atoms with van der Waals surface area (Å²) < 4.78 is 69.7. The van der Waals surface area contributed by atoms with Crippen molar-refractivity contribution in [3.63, 3.8) is 0 Å². The molecule has 3 heterocycles. The molecule has 0 spiro atoms. The van der Waals surface area contributed by atoms with Gasteiger partial charge >= 0.3 is 6.18 Å². The van der Waals surface area contributed by atoms with Gasteiger partial charge in [-0.25, -0.2) is 27.8 Å². The molecule has 25 heavy (non-hydrogen) atoms. The molecule has 0 fully saturated rings. The number of halogens is 3. The number of nitrogens with one attached hydrogen (secondary N) is 1. The lowest BCUT2D eigenvalue weighted by molar-refractivity contribution is -0.154. The molecule has 0 saturated carbocycles. The van der Waals surface area contributed by atoms with Gasteiger partial charge < -0.3 is 4.74 Å². The number of pyridine rings is 1. The van der Waals surface area contributed by atoms with Crippen molar-refractivity contribution in [2.24, 2.45) is 0 Å². The van der Waals surface area contributed by atoms with E-state index in [1.807, 2.05) is 0 Å². The highest BCUT2D eigenvalue weighted by Gasteiger charge is 2.29. The summed E-state index contributed by atoms with van der Waals surface area (Å²) in [6, 6.07) is 1.68. The monoisotopic (exact) mass is 377 g/mol. The SMILES string of the molecule is O=S(=O)(N[C@H]1CCCn2ncnc21)c1ccc(OCC(F)(F)F)nc1. The summed E-state index contributed by atoms with van der Waals surface area (Å²) in [5.41, 5.74) is 0. The summed E-state index contributed by atoms with van der Waals surface area (Å²) in [5, 5.41) is 4.01. The molecule has 2 aromatic rings. The first kappa shape index (κ1) is 17.6. The zero-order valence-electron chi connectivity index (χ0n) is 12.8. The quantitative estimate of drug-likeness (QED) is 0.846. The molecule has 2 aromatic heterocycles. The summed E-state index contributed by atoms with van der Waals surface area (Å²) in [7, 11) is -3.91. The van der Waals surface area contributed by atoms with Crippen molar-refractivity contribution in [1.29, 1.82) is 0 Å². The van der Waals surface area contributed by atoms with E-state index in [9.17, 15) is 21.6 Å². The molecule has 0 amide bonds. The van der Waals surface area contributed by atoms with E-state index in [-0.39, 0.29) is 10.8 Å². The van der Waals surface area contributed by atoms with Gasteiger partial charge in [0.05, 0.1) is 12.2 Å². The van der Waals surface area contributed by atoms with Crippen LogP contribution in [-0.2, 0) is 16.6 Å². The fraction of sp³-hybridized carbons (Fsp3) is 0.462. The first-order valence-electron chi connectivity index (χ1n) is 7.30. The summed E-state index contributed by atoms with van der Waals surface area (Å²) in [6.45, 7) is -0.831. The fourth-order valence-electron chi connectivity index (χ4n) is 2.42. The lowest BCUT2D eigenvalue weighted by Gasteiger charge is -2.22. The fourth-order valence-corrected chi connectivity index (χ4v) is 3.60. The molecule has 0 unspecified atom stereocenters. The van der Waals surface area contributed by atoms with Crippen LogP contribution in [0, 0.1) is 0 Å². The maximum Gasteiger partial charge on any atom is 0.422 e. The van der Waals surface area contributed by atoms with Crippen LogP contribution in [-0.4, -0.2) is 40.9 Å². The molecule has 0 radical (unpaired) electrons. The number of sulfonamides is 1. The molecule has 12 heteroatoms. The van der Waals surface area contributed by atoms with E-state index >= 15 is 0 Å². The van der Waals surface area contributed by atoms with Crippen LogP contribution in [0.15, 0.2) is 29.6 Å². The molecule has 8 nitrogen and oxygen atoms in total. The third-order valence-corrected chi connectivity index (χ3v) is 4.98. The van der Waals surface area contributed by atoms with E-state index < -0.39 is 28.8 Å². The highest BCUT2D eigenvalue weighted by atomic mass is 32.2. The Balaban J connectivity index is 1.71. The highest BCUT2D eigenvalue weighted by Crippen LogP contribution is 2.25. The molecule has 1 aliphatic rings. The minimum Gasteiger partial charge on any atom is -0.468 e. The van der Waals surface area contributed by atoms with Crippen LogP contribution in [0.1, 0.15) is 24.7 Å². The van der Waals surface area contributed by atoms with Crippen molar-refractivity contribution in [2.45, 2.75) is 36.5 Å². The Kier molecular flexibility index (Phi) is 4.64. The first-order valence-corrected chi connectivity index (χ1v) is 8.78. The minimum absolute atomic E-state index is 0.177. The molecule has 3 rings (SSSR count). The largest absolute Gasteiger partial charge is 0.468 e. The number of rotatable bonds is 5. The molecule has 0 aliphatic carbocycles. The lowest BCUT2D eigenvalue weighted by Crippen LogP contribution is -2.33. The van der Waals surface area contributed by atoms with Crippen LogP contribution in [0.4, 0.5) is 13.2 Å². The van der Waals surface area contributed by atoms with Crippen LogP contribution in [0.3, 0.4) is 0 Å². The summed E-state index contributed by atoms with van der Waals surface area (Å²) in [5.74, 6) is 0.210. The number of aryl methyl sites for hydroxylation is 1. The van der Waals surface area contributed by atoms with E-state index in [0.29, 0.717) is 18.8 Å². The molecule has 0 bridgehead atoms. The second-order valence-corrected chi connectivity index (χ2v) is 7.11. The van der Waals surface area contributed by atoms with Crippen molar-refractivity contribution in [3.8, 4) is 5.88 Å². The molecule has 136 valence electrons. The standard InChI is InChI=1S/C13H14F3N5O3S/c14-13(15,16)7-24-11-4-3-9(6-17-11)25(22,23)20-10-2-1-5-21-12(10)18-8-19-21/h3-4,6,8,10,20H,1-2,5,7H2/t10-/m0/s1. The van der Waals surface area contributed by atoms with Gasteiger partial charge in [0.2, 0.25) is 15.9 Å². The maximum atomic E-state index is 12.4. The number of fused-ring (bicyclic) bond motifs is 1. The van der Waals surface area contributed by atoms with E-state index in [0.717, 1.165) is 24.8 Å². The molecule has 1 aliphatic heterocycles. The second kappa shape index (κ2) is 6.59. The first-order chi connectivity index (χ1) is 11.7. The molecule has 0 saturated heterocycles. The average molecular weight is 377 g/mol. The zero-order valence-corrected chi connectivity index (χ0v) is 13.6. The van der Waals surface area contributed by atoms with Gasteiger partial charge in [0.1, 0.15) is 17.0 Å². The average Bonchev–Trinajstić information content (AvgIpc) is 3.02. The predicted molar refractivity (Wildman–Crippen MR) is 78.1 cm³/mol. The van der Waals surface area contributed by atoms with Gasteiger partial charge in [-0.1, -0.05) is 0 Å². The van der Waals surface area contributed by atoms with Crippen molar-refractivity contribution in [2.75, 3.05) is 6.61 Å². The molecule has 0 aromatic carbocycles. The van der Waals surface area contributed by atoms with Crippen LogP contribution in [0.5, 0.6) is 5.88 Å². The topological polar surface area (TPSA) is 99.0 Å². The summed E-state index contributed by atoms with van der Waals surface area (Å²) in [6.07, 6.45) is -0.882. The van der Waals surface area contributed by atoms with Gasteiger partial charge in [-0.15, -0.1) is 0 Å². The van der Waals surface area contributed by atoms with Crippen molar-refractivity contribution >= 4 is 10.0 Å². The van der Waals surface area contributed by atoms with Gasteiger partial charge in [0, 0.05) is 12.6 Å². The van der Waals surface area contributed by atoms with Crippen LogP contribution < -0.4 is 9.46 Å². The van der Waals surface area contributed by atoms with Gasteiger partial charge in [-0.3, -0.25) is 0 Å². The molecule has 1 atom stereocenters. The Morgan fingerprint density at radius 2 is 2.12 bits per heavy atom. The third-order valence-electron chi connectivity index (χ3n) is 3.52. The number of ether oxygens (including phenoxy) is 1. The van der Waals surface area contributed by atoms with Crippen LogP contribution >= 0.6 is 0 Å². The zero-order chi connectivity index (χ0) is 18.1. The number of hydrogen-bond acceptors (Lipinski definition) is 6. The molecular weight excluding hydrogens is 363 g/mol. The Hall–Kier alpha value is -2.21. The number of alkyl halides is 3. The Labute approximate surface area is 141 Å². The van der Waals surface area contributed by atoms with Crippen molar-refractivity contribution in [3.05, 3.63) is 30.5 Å². The van der Waals surface area contributed by atoms with Crippen LogP contribution in [0.25, 0.3) is 0 Å². The number of hydrogen-bond donors (Lipinski definition) is 1. The Morgan fingerprint density at radius 1 is 1.32 bits per heavy atom. The van der Waals surface area contributed by atoms with E-state index in [1.165, 1.54) is 6.33 Å². The van der Waals surface area contributed by atoms with Crippen molar-refractivity contribution < 1.29 is 26.3 Å². The smallest absolute Gasteiger partial charge is 0.422 e. The maximum absolute atomic E-state index is 12.4. The highest BCUT2D eigenvalue weighted by molar-refractivity contribution is 7.89. The number of aromatic nitrogens is 4. The predicted octanol–water partition coefficient (Wildman–Crippen LogP) is 1.43. The third kappa shape index (κ3) is 4.25. The normalized spacial score (nSPS) is 18.0. The van der Waals surface area contributed by atoms with Gasteiger partial charge in [0.15, 0.2) is 6.61 Å². The van der Waals surface area contributed by atoms with E-state index in [4.69, 9.17) is 0 Å². The second-order valence-electron chi connectivity index (χ2n) is 5.39.